The summed E-state index contributed by atoms with van der Waals surface area (Å²) in [5.74, 6) is 0.833. The maximum Gasteiger partial charge on any atom is 0.500 e. The number of hydrogen-bond acceptors (Lipinski definition) is 5. The number of hydrogen-bond donors (Lipinski definition) is 0. The fourth-order valence-electron chi connectivity index (χ4n) is 2.18. The fourth-order valence-corrected chi connectivity index (χ4v) is 6.08. The smallest absolute Gasteiger partial charge is 0.373 e. The summed E-state index contributed by atoms with van der Waals surface area (Å²) in [4.78, 5) is 11.8. The van der Waals surface area contributed by atoms with E-state index in [1.807, 2.05) is 0 Å². The number of unbranched alkanes of at least 4 members (excludes halogenated alkanes) is 2. The summed E-state index contributed by atoms with van der Waals surface area (Å²) >= 11 is 1.46. The molecule has 0 aromatic rings. The molecule has 0 atom stereocenters. The normalized spacial score (nSPS) is 11.8. The van der Waals surface area contributed by atoms with Gasteiger partial charge in [-0.25, -0.2) is 0 Å². The SMILES string of the molecule is CCCCCC(=O)SCCC[Si](OCCC)(OCCC)OCCC. The van der Waals surface area contributed by atoms with E-state index in [4.69, 9.17) is 13.3 Å². The van der Waals surface area contributed by atoms with Crippen molar-refractivity contribution in [3.63, 3.8) is 0 Å². The number of thioether (sulfide) groups is 1. The van der Waals surface area contributed by atoms with E-state index in [2.05, 4.69) is 27.7 Å². The van der Waals surface area contributed by atoms with Gasteiger partial charge in [-0.3, -0.25) is 4.79 Å². The van der Waals surface area contributed by atoms with Crippen molar-refractivity contribution in [1.82, 2.24) is 0 Å². The Kier molecular flexibility index (Phi) is 16.7. The predicted molar refractivity (Wildman–Crippen MR) is 106 cm³/mol. The van der Waals surface area contributed by atoms with E-state index in [-0.39, 0.29) is 0 Å². The number of carbonyl (C=O) groups is 1. The molecule has 0 bridgehead atoms. The molecule has 144 valence electrons. The molecule has 0 spiro atoms. The van der Waals surface area contributed by atoms with Crippen LogP contribution < -0.4 is 0 Å². The van der Waals surface area contributed by atoms with Crippen LogP contribution in [0, 0.1) is 0 Å². The van der Waals surface area contributed by atoms with Crippen molar-refractivity contribution < 1.29 is 18.1 Å². The fraction of sp³-hybridized carbons (Fsp3) is 0.944. The highest BCUT2D eigenvalue weighted by atomic mass is 32.2. The van der Waals surface area contributed by atoms with Crippen LogP contribution in [0.4, 0.5) is 0 Å². The van der Waals surface area contributed by atoms with Crippen LogP contribution in [-0.2, 0) is 18.1 Å². The van der Waals surface area contributed by atoms with Gasteiger partial charge in [-0.05, 0) is 32.1 Å². The van der Waals surface area contributed by atoms with Gasteiger partial charge in [0.05, 0.1) is 0 Å². The van der Waals surface area contributed by atoms with Crippen LogP contribution in [0.5, 0.6) is 0 Å². The van der Waals surface area contributed by atoms with E-state index in [0.29, 0.717) is 31.4 Å². The Balaban J connectivity index is 4.32. The summed E-state index contributed by atoms with van der Waals surface area (Å²) in [7, 11) is -2.59. The van der Waals surface area contributed by atoms with Crippen LogP contribution in [0.3, 0.4) is 0 Å². The second-order valence-electron chi connectivity index (χ2n) is 6.01. The van der Waals surface area contributed by atoms with E-state index < -0.39 is 8.80 Å². The van der Waals surface area contributed by atoms with Crippen molar-refractivity contribution in [2.24, 2.45) is 0 Å². The molecule has 0 aliphatic rings. The van der Waals surface area contributed by atoms with E-state index in [0.717, 1.165) is 56.7 Å². The molecule has 0 saturated carbocycles. The third kappa shape index (κ3) is 12.5. The van der Waals surface area contributed by atoms with Gasteiger partial charge in [0.2, 0.25) is 0 Å². The topological polar surface area (TPSA) is 44.8 Å². The largest absolute Gasteiger partial charge is 0.500 e. The maximum atomic E-state index is 11.8. The number of carbonyl (C=O) groups excluding carboxylic acids is 1. The molecular formula is C18H38O4SSi. The second-order valence-corrected chi connectivity index (χ2v) is 9.89. The van der Waals surface area contributed by atoms with Gasteiger partial charge in [0, 0.05) is 38.0 Å². The quantitative estimate of drug-likeness (QED) is 0.249. The van der Waals surface area contributed by atoms with Gasteiger partial charge < -0.3 is 13.3 Å². The Hall–Kier alpha value is 0.117. The van der Waals surface area contributed by atoms with Crippen LogP contribution >= 0.6 is 11.8 Å². The summed E-state index contributed by atoms with van der Waals surface area (Å²) in [6.07, 6.45) is 7.81. The molecule has 0 aliphatic carbocycles. The molecule has 0 N–H and O–H groups in total. The minimum Gasteiger partial charge on any atom is -0.373 e. The van der Waals surface area contributed by atoms with Crippen molar-refractivity contribution in [1.29, 1.82) is 0 Å². The van der Waals surface area contributed by atoms with Gasteiger partial charge in [-0.1, -0.05) is 52.3 Å². The lowest BCUT2D eigenvalue weighted by atomic mass is 10.2. The molecule has 0 aromatic carbocycles. The Morgan fingerprint density at radius 2 is 1.33 bits per heavy atom. The Morgan fingerprint density at radius 1 is 0.792 bits per heavy atom. The van der Waals surface area contributed by atoms with Gasteiger partial charge in [0.25, 0.3) is 0 Å². The third-order valence-corrected chi connectivity index (χ3v) is 7.37. The summed E-state index contributed by atoms with van der Waals surface area (Å²) in [5, 5.41) is 0.314. The molecule has 4 nitrogen and oxygen atoms in total. The molecule has 6 heteroatoms. The molecule has 0 rings (SSSR count). The molecule has 0 aliphatic heterocycles. The summed E-state index contributed by atoms with van der Waals surface area (Å²) in [6.45, 7) is 10.5. The third-order valence-electron chi connectivity index (χ3n) is 3.45. The van der Waals surface area contributed by atoms with Crippen LogP contribution in [0.15, 0.2) is 0 Å². The minimum atomic E-state index is -2.59. The Morgan fingerprint density at radius 3 is 1.79 bits per heavy atom. The van der Waals surface area contributed by atoms with Crippen LogP contribution in [0.25, 0.3) is 0 Å². The molecule has 0 fully saturated rings. The molecule has 0 aromatic heterocycles. The van der Waals surface area contributed by atoms with Gasteiger partial charge in [0.15, 0.2) is 5.12 Å². The van der Waals surface area contributed by atoms with Crippen molar-refractivity contribution in [2.75, 3.05) is 25.6 Å². The van der Waals surface area contributed by atoms with Crippen molar-refractivity contribution >= 4 is 25.7 Å². The standard InChI is InChI=1S/C18H38O4SSi/c1-5-9-10-12-18(19)23-16-11-17-24(20-13-6-2,21-14-7-3)22-15-8-4/h5-17H2,1-4H3. The van der Waals surface area contributed by atoms with E-state index in [1.54, 1.807) is 0 Å². The highest BCUT2D eigenvalue weighted by Gasteiger charge is 2.40. The van der Waals surface area contributed by atoms with Crippen LogP contribution in [0.1, 0.15) is 79.1 Å². The molecule has 0 heterocycles. The molecule has 0 radical (unpaired) electrons. The van der Waals surface area contributed by atoms with Gasteiger partial charge in [-0.15, -0.1) is 0 Å². The summed E-state index contributed by atoms with van der Waals surface area (Å²) in [6, 6.07) is 0.808. The van der Waals surface area contributed by atoms with Crippen molar-refractivity contribution in [3.05, 3.63) is 0 Å². The van der Waals surface area contributed by atoms with E-state index in [9.17, 15) is 4.79 Å². The molecule has 0 saturated heterocycles. The molecule has 0 unspecified atom stereocenters. The Labute approximate surface area is 154 Å². The molecule has 24 heavy (non-hydrogen) atoms. The zero-order valence-corrected chi connectivity index (χ0v) is 18.1. The summed E-state index contributed by atoms with van der Waals surface area (Å²) < 4.78 is 18.2. The van der Waals surface area contributed by atoms with Gasteiger partial charge >= 0.3 is 8.80 Å². The first-order valence-corrected chi connectivity index (χ1v) is 12.6. The van der Waals surface area contributed by atoms with Gasteiger partial charge in [0.1, 0.15) is 0 Å². The van der Waals surface area contributed by atoms with Gasteiger partial charge in [-0.2, -0.15) is 0 Å². The van der Waals surface area contributed by atoms with Crippen LogP contribution in [0.2, 0.25) is 6.04 Å². The van der Waals surface area contributed by atoms with Crippen LogP contribution in [-0.4, -0.2) is 39.5 Å². The Bertz CT molecular complexity index is 281. The average molecular weight is 379 g/mol. The predicted octanol–water partition coefficient (Wildman–Crippen LogP) is 5.44. The first kappa shape index (κ1) is 24.1. The zero-order chi connectivity index (χ0) is 18.1. The lowest BCUT2D eigenvalue weighted by Crippen LogP contribution is -2.46. The first-order chi connectivity index (χ1) is 11.6. The van der Waals surface area contributed by atoms with Crippen molar-refractivity contribution in [3.8, 4) is 0 Å². The maximum absolute atomic E-state index is 11.8. The highest BCUT2D eigenvalue weighted by Crippen LogP contribution is 2.22. The zero-order valence-electron chi connectivity index (χ0n) is 16.2. The number of rotatable bonds is 17. The lowest BCUT2D eigenvalue weighted by Gasteiger charge is -2.29. The monoisotopic (exact) mass is 378 g/mol. The molecule has 0 amide bonds. The van der Waals surface area contributed by atoms with Crippen molar-refractivity contribution in [2.45, 2.75) is 85.1 Å². The molecular weight excluding hydrogens is 340 g/mol. The van der Waals surface area contributed by atoms with E-state index in [1.165, 1.54) is 11.8 Å². The lowest BCUT2D eigenvalue weighted by molar-refractivity contribution is -0.111. The minimum absolute atomic E-state index is 0.314. The average Bonchev–Trinajstić information content (AvgIpc) is 2.59. The highest BCUT2D eigenvalue weighted by molar-refractivity contribution is 8.13. The van der Waals surface area contributed by atoms with E-state index >= 15 is 0 Å². The first-order valence-electron chi connectivity index (χ1n) is 9.71. The summed E-state index contributed by atoms with van der Waals surface area (Å²) in [5.41, 5.74) is 0. The second kappa shape index (κ2) is 16.6.